The summed E-state index contributed by atoms with van der Waals surface area (Å²) in [4.78, 5) is 25.5. The molecule has 0 bridgehead atoms. The molecule has 4 rings (SSSR count). The maximum Gasteiger partial charge on any atom is 0.407 e. The monoisotopic (exact) mass is 461 g/mol. The maximum absolute atomic E-state index is 13.7. The summed E-state index contributed by atoms with van der Waals surface area (Å²) in [6, 6.07) is 21.0. The van der Waals surface area contributed by atoms with Crippen LogP contribution in [0.2, 0.25) is 0 Å². The molecule has 1 aliphatic carbocycles. The van der Waals surface area contributed by atoms with Crippen LogP contribution in [0.4, 0.5) is 9.18 Å². The third-order valence-corrected chi connectivity index (χ3v) is 5.66. The predicted octanol–water partition coefficient (Wildman–Crippen LogP) is 5.62. The third kappa shape index (κ3) is 5.45. The second-order valence-electron chi connectivity index (χ2n) is 9.39. The molecule has 1 aliphatic rings. The molecule has 176 valence electrons. The van der Waals surface area contributed by atoms with Gasteiger partial charge in [0, 0.05) is 12.3 Å². The molecule has 0 radical (unpaired) electrons. The van der Waals surface area contributed by atoms with Gasteiger partial charge in [-0.3, -0.25) is 0 Å². The van der Waals surface area contributed by atoms with Gasteiger partial charge in [0.2, 0.25) is 0 Å². The van der Waals surface area contributed by atoms with E-state index in [4.69, 9.17) is 9.47 Å². The van der Waals surface area contributed by atoms with Gasteiger partial charge in [-0.15, -0.1) is 0 Å². The zero-order valence-electron chi connectivity index (χ0n) is 19.5. The Morgan fingerprint density at radius 2 is 1.56 bits per heavy atom. The number of ether oxygens (including phenoxy) is 2. The van der Waals surface area contributed by atoms with Crippen LogP contribution in [0.15, 0.2) is 72.8 Å². The van der Waals surface area contributed by atoms with E-state index >= 15 is 0 Å². The Kier molecular flexibility index (Phi) is 6.68. The van der Waals surface area contributed by atoms with E-state index in [2.05, 4.69) is 17.4 Å². The molecule has 34 heavy (non-hydrogen) atoms. The van der Waals surface area contributed by atoms with Gasteiger partial charge in [0.25, 0.3) is 0 Å². The average Bonchev–Trinajstić information content (AvgIpc) is 3.10. The molecule has 1 amide bonds. The summed E-state index contributed by atoms with van der Waals surface area (Å²) in [6.45, 7) is 5.37. The standard InChI is InChI=1S/C28H28FNO4/c1-28(2,3)34-26(31)25(16-18-9-8-10-19(29)15-18)30-27(32)33-17-24-22-13-6-4-11-20(22)21-12-5-7-14-23(21)24/h4-15,24-25H,16-17H2,1-3H3,(H,30,32). The van der Waals surface area contributed by atoms with E-state index in [0.717, 1.165) is 22.3 Å². The van der Waals surface area contributed by atoms with Crippen LogP contribution >= 0.6 is 0 Å². The Balaban J connectivity index is 1.47. The number of amides is 1. The Hall–Kier alpha value is -3.67. The van der Waals surface area contributed by atoms with Crippen molar-refractivity contribution in [3.8, 4) is 11.1 Å². The molecule has 5 nitrogen and oxygen atoms in total. The number of benzene rings is 3. The summed E-state index contributed by atoms with van der Waals surface area (Å²) < 4.78 is 24.7. The minimum absolute atomic E-state index is 0.0802. The fourth-order valence-corrected chi connectivity index (χ4v) is 4.25. The van der Waals surface area contributed by atoms with Gasteiger partial charge < -0.3 is 14.8 Å². The topological polar surface area (TPSA) is 64.6 Å². The van der Waals surface area contributed by atoms with Crippen molar-refractivity contribution in [1.29, 1.82) is 0 Å². The van der Waals surface area contributed by atoms with Crippen LogP contribution < -0.4 is 5.32 Å². The minimum atomic E-state index is -1.02. The van der Waals surface area contributed by atoms with E-state index in [9.17, 15) is 14.0 Å². The van der Waals surface area contributed by atoms with Gasteiger partial charge in [-0.05, 0) is 60.7 Å². The van der Waals surface area contributed by atoms with Gasteiger partial charge in [0.1, 0.15) is 24.1 Å². The lowest BCUT2D eigenvalue weighted by molar-refractivity contribution is -0.157. The van der Waals surface area contributed by atoms with Crippen LogP contribution in [0, 0.1) is 5.82 Å². The molecular formula is C28H28FNO4. The summed E-state index contributed by atoms with van der Waals surface area (Å²) in [7, 11) is 0. The van der Waals surface area contributed by atoms with Crippen molar-refractivity contribution in [2.45, 2.75) is 44.8 Å². The molecule has 3 aromatic carbocycles. The summed E-state index contributed by atoms with van der Waals surface area (Å²) in [5, 5.41) is 2.62. The summed E-state index contributed by atoms with van der Waals surface area (Å²) in [5.74, 6) is -1.12. The number of alkyl carbamates (subject to hydrolysis) is 1. The largest absolute Gasteiger partial charge is 0.458 e. The molecule has 0 spiro atoms. The maximum atomic E-state index is 13.7. The van der Waals surface area contributed by atoms with E-state index < -0.39 is 29.5 Å². The first-order valence-corrected chi connectivity index (χ1v) is 11.3. The zero-order valence-corrected chi connectivity index (χ0v) is 19.5. The van der Waals surface area contributed by atoms with Crippen LogP contribution in [-0.4, -0.2) is 30.3 Å². The second-order valence-corrected chi connectivity index (χ2v) is 9.39. The first-order chi connectivity index (χ1) is 16.2. The average molecular weight is 462 g/mol. The molecular weight excluding hydrogens is 433 g/mol. The van der Waals surface area contributed by atoms with E-state index in [1.165, 1.54) is 12.1 Å². The summed E-state index contributed by atoms with van der Waals surface area (Å²) >= 11 is 0. The summed E-state index contributed by atoms with van der Waals surface area (Å²) in [6.07, 6.45) is -0.647. The first kappa shape index (κ1) is 23.5. The zero-order chi connectivity index (χ0) is 24.3. The Morgan fingerprint density at radius 3 is 2.15 bits per heavy atom. The number of fused-ring (bicyclic) bond motifs is 3. The number of carbonyl (C=O) groups is 2. The minimum Gasteiger partial charge on any atom is -0.458 e. The number of hydrogen-bond donors (Lipinski definition) is 1. The summed E-state index contributed by atoms with van der Waals surface area (Å²) in [5.41, 5.74) is 4.28. The Labute approximate surface area is 198 Å². The first-order valence-electron chi connectivity index (χ1n) is 11.3. The Morgan fingerprint density at radius 1 is 0.941 bits per heavy atom. The predicted molar refractivity (Wildman–Crippen MR) is 128 cm³/mol. The second kappa shape index (κ2) is 9.67. The molecule has 3 aromatic rings. The van der Waals surface area contributed by atoms with Crippen molar-refractivity contribution in [3.63, 3.8) is 0 Å². The number of esters is 1. The number of halogens is 1. The van der Waals surface area contributed by atoms with Crippen LogP contribution in [0.3, 0.4) is 0 Å². The molecule has 6 heteroatoms. The number of rotatable bonds is 6. The number of carbonyl (C=O) groups excluding carboxylic acids is 2. The fourth-order valence-electron chi connectivity index (χ4n) is 4.25. The van der Waals surface area contributed by atoms with Crippen molar-refractivity contribution >= 4 is 12.1 Å². The van der Waals surface area contributed by atoms with Gasteiger partial charge in [-0.1, -0.05) is 60.7 Å². The van der Waals surface area contributed by atoms with Gasteiger partial charge in [-0.2, -0.15) is 0 Å². The van der Waals surface area contributed by atoms with Crippen molar-refractivity contribution in [3.05, 3.63) is 95.3 Å². The quantitative estimate of drug-likeness (QED) is 0.484. The molecule has 1 N–H and O–H groups in total. The van der Waals surface area contributed by atoms with Crippen LogP contribution in [0.5, 0.6) is 0 Å². The Bertz CT molecular complexity index is 1160. The third-order valence-electron chi connectivity index (χ3n) is 5.66. The van der Waals surface area contributed by atoms with Crippen molar-refractivity contribution in [1.82, 2.24) is 5.32 Å². The number of hydrogen-bond acceptors (Lipinski definition) is 4. The van der Waals surface area contributed by atoms with Gasteiger partial charge in [0.05, 0.1) is 0 Å². The molecule has 0 aromatic heterocycles. The SMILES string of the molecule is CC(C)(C)OC(=O)C(Cc1cccc(F)c1)NC(=O)OCC1c2ccccc2-c2ccccc21. The van der Waals surface area contributed by atoms with Gasteiger partial charge in [0.15, 0.2) is 0 Å². The highest BCUT2D eigenvalue weighted by Gasteiger charge is 2.31. The molecule has 0 saturated carbocycles. The normalized spacial score (nSPS) is 13.5. The van der Waals surface area contributed by atoms with Crippen LogP contribution in [0.25, 0.3) is 11.1 Å². The van der Waals surface area contributed by atoms with E-state index in [-0.39, 0.29) is 18.9 Å². The molecule has 0 fully saturated rings. The molecule has 1 unspecified atom stereocenters. The number of nitrogens with one attached hydrogen (secondary N) is 1. The molecule has 0 heterocycles. The lowest BCUT2D eigenvalue weighted by Gasteiger charge is -2.25. The molecule has 0 aliphatic heterocycles. The molecule has 1 atom stereocenters. The molecule has 0 saturated heterocycles. The van der Waals surface area contributed by atoms with Crippen LogP contribution in [-0.2, 0) is 20.7 Å². The van der Waals surface area contributed by atoms with Crippen molar-refractivity contribution in [2.75, 3.05) is 6.61 Å². The highest BCUT2D eigenvalue weighted by Crippen LogP contribution is 2.44. The van der Waals surface area contributed by atoms with E-state index in [0.29, 0.717) is 5.56 Å². The van der Waals surface area contributed by atoms with Gasteiger partial charge >= 0.3 is 12.1 Å². The smallest absolute Gasteiger partial charge is 0.407 e. The van der Waals surface area contributed by atoms with Crippen molar-refractivity contribution in [2.24, 2.45) is 0 Å². The lowest BCUT2D eigenvalue weighted by atomic mass is 9.98. The lowest BCUT2D eigenvalue weighted by Crippen LogP contribution is -2.46. The van der Waals surface area contributed by atoms with E-state index in [1.807, 2.05) is 36.4 Å². The van der Waals surface area contributed by atoms with Crippen molar-refractivity contribution < 1.29 is 23.5 Å². The highest BCUT2D eigenvalue weighted by atomic mass is 19.1. The fraction of sp³-hybridized carbons (Fsp3) is 0.286. The van der Waals surface area contributed by atoms with E-state index in [1.54, 1.807) is 32.9 Å². The highest BCUT2D eigenvalue weighted by molar-refractivity contribution is 5.82. The van der Waals surface area contributed by atoms with Crippen LogP contribution in [0.1, 0.15) is 43.4 Å². The van der Waals surface area contributed by atoms with Gasteiger partial charge in [-0.25, -0.2) is 14.0 Å².